The van der Waals surface area contributed by atoms with Crippen LogP contribution in [0, 0.1) is 0 Å². The van der Waals surface area contributed by atoms with Crippen molar-refractivity contribution < 1.29 is 22.7 Å². The number of sulfonamides is 1. The highest BCUT2D eigenvalue weighted by Crippen LogP contribution is 2.14. The zero-order valence-electron chi connectivity index (χ0n) is 10.5. The van der Waals surface area contributed by atoms with Crippen LogP contribution in [0.5, 0.6) is 0 Å². The number of carbonyl (C=O) groups excluding carboxylic acids is 2. The molecule has 0 fully saturated rings. The van der Waals surface area contributed by atoms with Crippen LogP contribution in [0.3, 0.4) is 0 Å². The van der Waals surface area contributed by atoms with Gasteiger partial charge in [0.25, 0.3) is 5.91 Å². The molecule has 3 N–H and O–H groups in total. The van der Waals surface area contributed by atoms with E-state index >= 15 is 0 Å². The fraction of sp³-hybridized carbons (Fsp3) is 0.273. The lowest BCUT2D eigenvalue weighted by Gasteiger charge is -2.13. The molecule has 0 saturated heterocycles. The zero-order chi connectivity index (χ0) is 15.3. The molecular weight excluding hydrogens is 308 g/mol. The summed E-state index contributed by atoms with van der Waals surface area (Å²) >= 11 is 5.66. The summed E-state index contributed by atoms with van der Waals surface area (Å²) in [6.07, 6.45) is 0. The van der Waals surface area contributed by atoms with Crippen LogP contribution >= 0.6 is 11.6 Å². The topological polar surface area (TPSA) is 116 Å². The molecule has 0 aromatic heterocycles. The average Bonchev–Trinajstić information content (AvgIpc) is 2.35. The van der Waals surface area contributed by atoms with E-state index in [2.05, 4.69) is 9.46 Å². The summed E-state index contributed by atoms with van der Waals surface area (Å²) in [7, 11) is -3.89. The molecule has 1 aromatic rings. The van der Waals surface area contributed by atoms with Crippen LogP contribution < -0.4 is 10.5 Å². The summed E-state index contributed by atoms with van der Waals surface area (Å²) in [6.45, 7) is 0.683. The molecule has 20 heavy (non-hydrogen) atoms. The second-order valence-electron chi connectivity index (χ2n) is 3.87. The number of nitrogens with two attached hydrogens (primary N) is 1. The van der Waals surface area contributed by atoms with Crippen LogP contribution in [-0.4, -0.2) is 32.9 Å². The number of esters is 1. The molecule has 7 nitrogen and oxygen atoms in total. The van der Waals surface area contributed by atoms with Gasteiger partial charge in [0.1, 0.15) is 6.04 Å². The lowest BCUT2D eigenvalue weighted by molar-refractivity contribution is -0.149. The van der Waals surface area contributed by atoms with Crippen molar-refractivity contribution >= 4 is 33.5 Å². The highest BCUT2D eigenvalue weighted by molar-refractivity contribution is 7.89. The van der Waals surface area contributed by atoms with Gasteiger partial charge in [-0.1, -0.05) is 11.6 Å². The summed E-state index contributed by atoms with van der Waals surface area (Å²) in [5, 5.41) is 0.387. The third-order valence-electron chi connectivity index (χ3n) is 2.17. The fourth-order valence-electron chi connectivity index (χ4n) is 1.23. The van der Waals surface area contributed by atoms with Crippen LogP contribution in [-0.2, 0) is 24.3 Å². The maximum absolute atomic E-state index is 11.9. The Labute approximate surface area is 121 Å². The van der Waals surface area contributed by atoms with Gasteiger partial charge in [-0.15, -0.1) is 0 Å². The Morgan fingerprint density at radius 2 is 1.90 bits per heavy atom. The van der Waals surface area contributed by atoms with Gasteiger partial charge >= 0.3 is 5.97 Å². The largest absolute Gasteiger partial charge is 0.454 e. The molecule has 0 bridgehead atoms. The van der Waals surface area contributed by atoms with Crippen molar-refractivity contribution in [1.29, 1.82) is 0 Å². The summed E-state index contributed by atoms with van der Waals surface area (Å²) < 4.78 is 30.5. The number of hydrogen-bond acceptors (Lipinski definition) is 5. The summed E-state index contributed by atoms with van der Waals surface area (Å²) in [5.41, 5.74) is 4.81. The minimum atomic E-state index is -3.89. The SMILES string of the molecule is CC(NS(=O)(=O)c1ccc(Cl)cc1)C(=O)OCC(N)=O. The second-order valence-corrected chi connectivity index (χ2v) is 6.02. The molecule has 9 heteroatoms. The summed E-state index contributed by atoms with van der Waals surface area (Å²) in [6, 6.07) is 4.26. The van der Waals surface area contributed by atoms with Crippen molar-refractivity contribution in [2.45, 2.75) is 17.9 Å². The van der Waals surface area contributed by atoms with Crippen molar-refractivity contribution in [3.05, 3.63) is 29.3 Å². The van der Waals surface area contributed by atoms with E-state index in [1.165, 1.54) is 31.2 Å². The number of primary amides is 1. The molecule has 0 aliphatic carbocycles. The summed E-state index contributed by atoms with van der Waals surface area (Å²) in [5.74, 6) is -1.73. The van der Waals surface area contributed by atoms with E-state index < -0.39 is 34.5 Å². The van der Waals surface area contributed by atoms with E-state index in [4.69, 9.17) is 17.3 Å². The van der Waals surface area contributed by atoms with Gasteiger partial charge in [0.2, 0.25) is 10.0 Å². The van der Waals surface area contributed by atoms with E-state index in [1.807, 2.05) is 0 Å². The van der Waals surface area contributed by atoms with Crippen molar-refractivity contribution in [2.24, 2.45) is 5.73 Å². The van der Waals surface area contributed by atoms with Crippen molar-refractivity contribution in [3.8, 4) is 0 Å². The zero-order valence-corrected chi connectivity index (χ0v) is 12.1. The normalized spacial score (nSPS) is 12.7. The molecule has 1 atom stereocenters. The van der Waals surface area contributed by atoms with Gasteiger partial charge in [-0.3, -0.25) is 9.59 Å². The molecule has 1 unspecified atom stereocenters. The van der Waals surface area contributed by atoms with Gasteiger partial charge in [-0.05, 0) is 31.2 Å². The molecule has 1 amide bonds. The first kappa shape index (κ1) is 16.4. The van der Waals surface area contributed by atoms with Crippen LogP contribution in [0.2, 0.25) is 5.02 Å². The lowest BCUT2D eigenvalue weighted by Crippen LogP contribution is -2.40. The minimum absolute atomic E-state index is 0.0450. The Morgan fingerprint density at radius 3 is 2.40 bits per heavy atom. The molecule has 0 aliphatic rings. The van der Waals surface area contributed by atoms with Gasteiger partial charge in [-0.25, -0.2) is 8.42 Å². The molecule has 0 heterocycles. The molecule has 0 saturated carbocycles. The molecular formula is C11H13ClN2O5S. The van der Waals surface area contributed by atoms with E-state index in [1.54, 1.807) is 0 Å². The van der Waals surface area contributed by atoms with Gasteiger partial charge in [0.05, 0.1) is 4.90 Å². The smallest absolute Gasteiger partial charge is 0.324 e. The minimum Gasteiger partial charge on any atom is -0.454 e. The highest BCUT2D eigenvalue weighted by Gasteiger charge is 2.23. The Morgan fingerprint density at radius 1 is 1.35 bits per heavy atom. The van der Waals surface area contributed by atoms with Crippen LogP contribution in [0.25, 0.3) is 0 Å². The van der Waals surface area contributed by atoms with E-state index in [0.29, 0.717) is 5.02 Å². The van der Waals surface area contributed by atoms with E-state index in [-0.39, 0.29) is 4.90 Å². The molecule has 0 radical (unpaired) electrons. The van der Waals surface area contributed by atoms with Gasteiger partial charge in [0, 0.05) is 5.02 Å². The Kier molecular flexibility index (Phi) is 5.49. The average molecular weight is 321 g/mol. The number of carbonyl (C=O) groups is 2. The first-order valence-corrected chi connectivity index (χ1v) is 7.31. The Hall–Kier alpha value is -1.64. The van der Waals surface area contributed by atoms with Crippen LogP contribution in [0.4, 0.5) is 0 Å². The van der Waals surface area contributed by atoms with Gasteiger partial charge in [0.15, 0.2) is 6.61 Å². The van der Waals surface area contributed by atoms with Crippen molar-refractivity contribution in [3.63, 3.8) is 0 Å². The number of halogens is 1. The number of amides is 1. The van der Waals surface area contributed by atoms with E-state index in [9.17, 15) is 18.0 Å². The Balaban J connectivity index is 2.73. The maximum atomic E-state index is 11.9. The number of rotatable bonds is 6. The first-order valence-electron chi connectivity index (χ1n) is 5.45. The Bertz CT molecular complexity index is 600. The van der Waals surface area contributed by atoms with E-state index in [0.717, 1.165) is 0 Å². The lowest BCUT2D eigenvalue weighted by atomic mass is 10.4. The van der Waals surface area contributed by atoms with Crippen molar-refractivity contribution in [2.75, 3.05) is 6.61 Å². The molecule has 1 rings (SSSR count). The molecule has 0 aliphatic heterocycles. The molecule has 1 aromatic carbocycles. The third-order valence-corrected chi connectivity index (χ3v) is 3.97. The van der Waals surface area contributed by atoms with Gasteiger partial charge in [-0.2, -0.15) is 4.72 Å². The summed E-state index contributed by atoms with van der Waals surface area (Å²) in [4.78, 5) is 21.8. The number of hydrogen-bond donors (Lipinski definition) is 2. The van der Waals surface area contributed by atoms with Crippen molar-refractivity contribution in [1.82, 2.24) is 4.72 Å². The molecule has 0 spiro atoms. The maximum Gasteiger partial charge on any atom is 0.324 e. The fourth-order valence-corrected chi connectivity index (χ4v) is 2.55. The number of benzene rings is 1. The predicted molar refractivity (Wildman–Crippen MR) is 71.4 cm³/mol. The standard InChI is InChI=1S/C11H13ClN2O5S/c1-7(11(16)19-6-10(13)15)14-20(17,18)9-4-2-8(12)3-5-9/h2-5,7,14H,6H2,1H3,(H2,13,15). The number of ether oxygens (including phenoxy) is 1. The second kappa shape index (κ2) is 6.69. The number of nitrogens with one attached hydrogen (secondary N) is 1. The predicted octanol–water partition coefficient (Wildman–Crippen LogP) is 0.0353. The first-order chi connectivity index (χ1) is 9.22. The van der Waals surface area contributed by atoms with Gasteiger partial charge < -0.3 is 10.5 Å². The highest BCUT2D eigenvalue weighted by atomic mass is 35.5. The monoisotopic (exact) mass is 320 g/mol. The quantitative estimate of drug-likeness (QED) is 0.718. The molecule has 110 valence electrons. The van der Waals surface area contributed by atoms with Crippen LogP contribution in [0.15, 0.2) is 29.2 Å². The third kappa shape index (κ3) is 4.80. The van der Waals surface area contributed by atoms with Crippen LogP contribution in [0.1, 0.15) is 6.92 Å².